The van der Waals surface area contributed by atoms with E-state index >= 15 is 0 Å². The number of methoxy groups -OCH3 is 1. The number of esters is 1. The molecule has 1 aromatic rings. The summed E-state index contributed by atoms with van der Waals surface area (Å²) in [6.45, 7) is 2.15. The third kappa shape index (κ3) is 7.32. The van der Waals surface area contributed by atoms with Crippen molar-refractivity contribution in [3.63, 3.8) is 0 Å². The highest BCUT2D eigenvalue weighted by molar-refractivity contribution is 5.97. The third-order valence-electron chi connectivity index (χ3n) is 3.96. The predicted molar refractivity (Wildman–Crippen MR) is 94.4 cm³/mol. The SMILES string of the molecule is CCCCCCCC[C@H](NC(=O)c1cccc([N+](=O)[O-])c1)C(=O)OC. The summed E-state index contributed by atoms with van der Waals surface area (Å²) >= 11 is 0. The number of nitro groups is 1. The summed E-state index contributed by atoms with van der Waals surface area (Å²) in [6.07, 6.45) is 6.91. The van der Waals surface area contributed by atoms with Gasteiger partial charge in [-0.3, -0.25) is 14.9 Å². The van der Waals surface area contributed by atoms with Crippen molar-refractivity contribution in [3.05, 3.63) is 39.9 Å². The second-order valence-corrected chi connectivity index (χ2v) is 5.91. The Morgan fingerprint density at radius 1 is 1.20 bits per heavy atom. The van der Waals surface area contributed by atoms with E-state index in [0.717, 1.165) is 19.3 Å². The summed E-state index contributed by atoms with van der Waals surface area (Å²) in [7, 11) is 1.27. The van der Waals surface area contributed by atoms with E-state index in [0.29, 0.717) is 6.42 Å². The molecule has 0 aliphatic carbocycles. The van der Waals surface area contributed by atoms with E-state index in [1.54, 1.807) is 0 Å². The van der Waals surface area contributed by atoms with Gasteiger partial charge < -0.3 is 10.1 Å². The fourth-order valence-electron chi connectivity index (χ4n) is 2.52. The summed E-state index contributed by atoms with van der Waals surface area (Å²) in [5, 5.41) is 13.4. The van der Waals surface area contributed by atoms with E-state index in [1.807, 2.05) is 0 Å². The molecule has 0 saturated carbocycles. The molecule has 0 fully saturated rings. The van der Waals surface area contributed by atoms with Crippen LogP contribution in [-0.4, -0.2) is 30.0 Å². The molecule has 7 nitrogen and oxygen atoms in total. The number of ether oxygens (including phenoxy) is 1. The van der Waals surface area contributed by atoms with Gasteiger partial charge >= 0.3 is 5.97 Å². The second-order valence-electron chi connectivity index (χ2n) is 5.91. The number of amides is 1. The molecule has 0 unspecified atom stereocenters. The highest BCUT2D eigenvalue weighted by atomic mass is 16.6. The van der Waals surface area contributed by atoms with Crippen LogP contribution in [0.2, 0.25) is 0 Å². The van der Waals surface area contributed by atoms with Gasteiger partial charge in [0.15, 0.2) is 0 Å². The smallest absolute Gasteiger partial charge is 0.328 e. The zero-order valence-electron chi connectivity index (χ0n) is 14.8. The monoisotopic (exact) mass is 350 g/mol. The first-order chi connectivity index (χ1) is 12.0. The lowest BCUT2D eigenvalue weighted by molar-refractivity contribution is -0.384. The van der Waals surface area contributed by atoms with E-state index in [-0.39, 0.29) is 11.3 Å². The molecule has 1 atom stereocenters. The number of nitrogens with zero attached hydrogens (tertiary/aromatic N) is 1. The van der Waals surface area contributed by atoms with Crippen LogP contribution in [0, 0.1) is 10.1 Å². The molecule has 1 aromatic carbocycles. The van der Waals surface area contributed by atoms with E-state index in [9.17, 15) is 19.7 Å². The van der Waals surface area contributed by atoms with Crippen molar-refractivity contribution in [2.24, 2.45) is 0 Å². The molecule has 25 heavy (non-hydrogen) atoms. The lowest BCUT2D eigenvalue weighted by Gasteiger charge is -2.16. The molecule has 0 bridgehead atoms. The van der Waals surface area contributed by atoms with E-state index < -0.39 is 22.8 Å². The molecule has 0 saturated heterocycles. The standard InChI is InChI=1S/C18H26N2O5/c1-3-4-5-6-7-8-12-16(18(22)25-2)19-17(21)14-10-9-11-15(13-14)20(23)24/h9-11,13,16H,3-8,12H2,1-2H3,(H,19,21)/t16-/m0/s1. The second kappa shape index (κ2) is 11.2. The Labute approximate surface area is 147 Å². The Morgan fingerprint density at radius 3 is 2.52 bits per heavy atom. The fraction of sp³-hybridized carbons (Fsp3) is 0.556. The van der Waals surface area contributed by atoms with Crippen LogP contribution in [-0.2, 0) is 9.53 Å². The number of nitrogens with one attached hydrogen (secondary N) is 1. The molecule has 0 heterocycles. The average Bonchev–Trinajstić information content (AvgIpc) is 2.62. The molecule has 0 aliphatic rings. The van der Waals surface area contributed by atoms with Gasteiger partial charge in [-0.05, 0) is 12.5 Å². The number of rotatable bonds is 11. The molecule has 1 N–H and O–H groups in total. The molecule has 7 heteroatoms. The summed E-state index contributed by atoms with van der Waals surface area (Å²) in [5.74, 6) is -1.03. The Balaban J connectivity index is 2.62. The van der Waals surface area contributed by atoms with Gasteiger partial charge in [0.1, 0.15) is 6.04 Å². The first kappa shape index (κ1) is 20.6. The maximum absolute atomic E-state index is 12.3. The molecular formula is C18H26N2O5. The number of non-ortho nitro benzene ring substituents is 1. The van der Waals surface area contributed by atoms with Crippen molar-refractivity contribution in [3.8, 4) is 0 Å². The number of hydrogen-bond donors (Lipinski definition) is 1. The van der Waals surface area contributed by atoms with Crippen LogP contribution >= 0.6 is 0 Å². The first-order valence-electron chi connectivity index (χ1n) is 8.62. The molecular weight excluding hydrogens is 324 g/mol. The van der Waals surface area contributed by atoms with Gasteiger partial charge in [-0.1, -0.05) is 51.5 Å². The largest absolute Gasteiger partial charge is 0.467 e. The Hall–Kier alpha value is -2.44. The molecule has 0 aliphatic heterocycles. The van der Waals surface area contributed by atoms with Crippen molar-refractivity contribution in [1.82, 2.24) is 5.32 Å². The molecule has 1 rings (SSSR count). The first-order valence-corrected chi connectivity index (χ1v) is 8.62. The van der Waals surface area contributed by atoms with Gasteiger partial charge in [-0.2, -0.15) is 0 Å². The lowest BCUT2D eigenvalue weighted by atomic mass is 10.0. The topological polar surface area (TPSA) is 98.5 Å². The minimum atomic E-state index is -0.747. The van der Waals surface area contributed by atoms with Crippen LogP contribution in [0.3, 0.4) is 0 Å². The number of carbonyl (C=O) groups excluding carboxylic acids is 2. The summed E-state index contributed by atoms with van der Waals surface area (Å²) in [4.78, 5) is 34.4. The van der Waals surface area contributed by atoms with Gasteiger partial charge in [0.05, 0.1) is 12.0 Å². The van der Waals surface area contributed by atoms with Gasteiger partial charge in [0.2, 0.25) is 0 Å². The Bertz CT molecular complexity index is 589. The molecule has 0 radical (unpaired) electrons. The normalized spacial score (nSPS) is 11.6. The number of benzene rings is 1. The molecule has 138 valence electrons. The van der Waals surface area contributed by atoms with Crippen LogP contribution in [0.4, 0.5) is 5.69 Å². The van der Waals surface area contributed by atoms with Crippen molar-refractivity contribution >= 4 is 17.6 Å². The third-order valence-corrected chi connectivity index (χ3v) is 3.96. The van der Waals surface area contributed by atoms with Gasteiger partial charge in [0.25, 0.3) is 11.6 Å². The number of hydrogen-bond acceptors (Lipinski definition) is 5. The van der Waals surface area contributed by atoms with Crippen molar-refractivity contribution < 1.29 is 19.2 Å². The predicted octanol–water partition coefficient (Wildman–Crippen LogP) is 3.62. The van der Waals surface area contributed by atoms with E-state index in [4.69, 9.17) is 4.74 Å². The Morgan fingerprint density at radius 2 is 1.88 bits per heavy atom. The Kier molecular flexibility index (Phi) is 9.21. The quantitative estimate of drug-likeness (QED) is 0.284. The zero-order chi connectivity index (χ0) is 18.7. The van der Waals surface area contributed by atoms with Crippen LogP contribution in [0.5, 0.6) is 0 Å². The lowest BCUT2D eigenvalue weighted by Crippen LogP contribution is -2.41. The highest BCUT2D eigenvalue weighted by Gasteiger charge is 2.22. The average molecular weight is 350 g/mol. The van der Waals surface area contributed by atoms with Crippen LogP contribution < -0.4 is 5.32 Å². The van der Waals surface area contributed by atoms with Crippen molar-refractivity contribution in [1.29, 1.82) is 0 Å². The maximum Gasteiger partial charge on any atom is 0.328 e. The summed E-state index contributed by atoms with van der Waals surface area (Å²) in [5.41, 5.74) is -0.0239. The number of unbranched alkanes of at least 4 members (excludes halogenated alkanes) is 5. The van der Waals surface area contributed by atoms with E-state index in [2.05, 4.69) is 12.2 Å². The van der Waals surface area contributed by atoms with Gasteiger partial charge in [-0.15, -0.1) is 0 Å². The number of nitro benzene ring substituents is 1. The maximum atomic E-state index is 12.3. The fourth-order valence-corrected chi connectivity index (χ4v) is 2.52. The van der Waals surface area contributed by atoms with Gasteiger partial charge in [-0.25, -0.2) is 4.79 Å². The minimum Gasteiger partial charge on any atom is -0.467 e. The van der Waals surface area contributed by atoms with Crippen LogP contribution in [0.15, 0.2) is 24.3 Å². The molecule has 1 amide bonds. The summed E-state index contributed by atoms with van der Waals surface area (Å²) in [6, 6.07) is 4.66. The van der Waals surface area contributed by atoms with Crippen LogP contribution in [0.1, 0.15) is 62.2 Å². The minimum absolute atomic E-state index is 0.144. The van der Waals surface area contributed by atoms with Crippen LogP contribution in [0.25, 0.3) is 0 Å². The zero-order valence-corrected chi connectivity index (χ0v) is 14.8. The van der Waals surface area contributed by atoms with E-state index in [1.165, 1.54) is 50.6 Å². The number of carbonyl (C=O) groups is 2. The molecule has 0 aromatic heterocycles. The van der Waals surface area contributed by atoms with Crippen molar-refractivity contribution in [2.45, 2.75) is 57.9 Å². The molecule has 0 spiro atoms. The summed E-state index contributed by atoms with van der Waals surface area (Å²) < 4.78 is 4.74. The highest BCUT2D eigenvalue weighted by Crippen LogP contribution is 2.14. The van der Waals surface area contributed by atoms with Crippen molar-refractivity contribution in [2.75, 3.05) is 7.11 Å². The van der Waals surface area contributed by atoms with Gasteiger partial charge in [0, 0.05) is 17.7 Å².